The van der Waals surface area contributed by atoms with Crippen LogP contribution >= 0.6 is 12.4 Å². The molecule has 3 aromatic carbocycles. The zero-order valence-corrected chi connectivity index (χ0v) is 22.4. The Labute approximate surface area is 220 Å². The van der Waals surface area contributed by atoms with E-state index in [2.05, 4.69) is 71.5 Å². The number of hydrogen-bond acceptors (Lipinski definition) is 4. The van der Waals surface area contributed by atoms with Crippen LogP contribution in [-0.4, -0.2) is 53.6 Å². The number of aliphatic hydroxyl groups is 1. The summed E-state index contributed by atoms with van der Waals surface area (Å²) >= 11 is 0. The summed E-state index contributed by atoms with van der Waals surface area (Å²) in [5.74, 6) is 0.868. The first-order valence-corrected chi connectivity index (χ1v) is 12.2. The van der Waals surface area contributed by atoms with Gasteiger partial charge in [0.1, 0.15) is 12.4 Å². The number of hydrogen-bond donors (Lipinski definition) is 1. The Bertz CT molecular complexity index is 1290. The molecule has 0 atom stereocenters. The van der Waals surface area contributed by atoms with Gasteiger partial charge < -0.3 is 14.7 Å². The van der Waals surface area contributed by atoms with Crippen LogP contribution in [0.1, 0.15) is 35.1 Å². The normalized spacial score (nSPS) is 11.9. The van der Waals surface area contributed by atoms with Crippen LogP contribution in [0.15, 0.2) is 72.9 Å². The van der Waals surface area contributed by atoms with Gasteiger partial charge in [-0.1, -0.05) is 54.1 Å². The smallest absolute Gasteiger partial charge is 0.119 e. The van der Waals surface area contributed by atoms with Crippen molar-refractivity contribution in [2.75, 3.05) is 33.9 Å². The average molecular weight is 506 g/mol. The van der Waals surface area contributed by atoms with Crippen molar-refractivity contribution in [1.82, 2.24) is 14.7 Å². The molecule has 4 rings (SSSR count). The van der Waals surface area contributed by atoms with Crippen molar-refractivity contribution >= 4 is 34.5 Å². The van der Waals surface area contributed by atoms with Crippen molar-refractivity contribution in [2.24, 2.45) is 7.05 Å². The highest BCUT2D eigenvalue weighted by atomic mass is 35.5. The van der Waals surface area contributed by atoms with E-state index in [0.717, 1.165) is 46.3 Å². The van der Waals surface area contributed by atoms with Crippen LogP contribution in [0.25, 0.3) is 22.0 Å². The van der Waals surface area contributed by atoms with Crippen LogP contribution in [0, 0.1) is 6.92 Å². The van der Waals surface area contributed by atoms with Gasteiger partial charge >= 0.3 is 0 Å². The Balaban J connectivity index is 0.00000361. The minimum absolute atomic E-state index is 0. The molecule has 190 valence electrons. The number of halogens is 1. The van der Waals surface area contributed by atoms with E-state index in [-0.39, 0.29) is 19.0 Å². The molecule has 0 radical (unpaired) electrons. The third-order valence-corrected chi connectivity index (χ3v) is 6.27. The fourth-order valence-electron chi connectivity index (χ4n) is 4.30. The lowest BCUT2D eigenvalue weighted by atomic mass is 9.86. The largest absolute Gasteiger partial charge is 0.492 e. The second kappa shape index (κ2) is 12.7. The number of nitrogens with zero attached hydrogens (tertiary/aromatic N) is 3. The lowest BCUT2D eigenvalue weighted by molar-refractivity contribution is 0.261. The van der Waals surface area contributed by atoms with Crippen LogP contribution in [0.4, 0.5) is 0 Å². The maximum atomic E-state index is 9.71. The monoisotopic (exact) mass is 505 g/mol. The molecule has 0 saturated heterocycles. The maximum Gasteiger partial charge on any atom is 0.119 e. The van der Waals surface area contributed by atoms with Gasteiger partial charge in [0.05, 0.1) is 11.7 Å². The highest BCUT2D eigenvalue weighted by molar-refractivity contribution is 6.00. The summed E-state index contributed by atoms with van der Waals surface area (Å²) in [5, 5.41) is 15.2. The van der Waals surface area contributed by atoms with Crippen molar-refractivity contribution in [2.45, 2.75) is 19.8 Å². The molecular weight excluding hydrogens is 470 g/mol. The number of fused-ring (bicyclic) bond motifs is 1. The minimum atomic E-state index is 0. The van der Waals surface area contributed by atoms with Crippen LogP contribution in [0.2, 0.25) is 0 Å². The second-order valence-corrected chi connectivity index (χ2v) is 9.26. The van der Waals surface area contributed by atoms with Gasteiger partial charge in [-0.2, -0.15) is 5.10 Å². The molecule has 5 nitrogen and oxygen atoms in total. The molecular formula is C30H36ClN3O2. The third kappa shape index (κ3) is 6.55. The van der Waals surface area contributed by atoms with E-state index in [4.69, 9.17) is 4.74 Å². The molecule has 0 unspecified atom stereocenters. The van der Waals surface area contributed by atoms with Gasteiger partial charge in [-0.05, 0) is 79.9 Å². The lowest BCUT2D eigenvalue weighted by Crippen LogP contribution is -2.19. The van der Waals surface area contributed by atoms with Gasteiger partial charge in [0, 0.05) is 25.6 Å². The third-order valence-electron chi connectivity index (χ3n) is 6.27. The van der Waals surface area contributed by atoms with Gasteiger partial charge in [-0.15, -0.1) is 12.4 Å². The van der Waals surface area contributed by atoms with Gasteiger partial charge in [0.15, 0.2) is 0 Å². The zero-order chi connectivity index (χ0) is 24.8. The summed E-state index contributed by atoms with van der Waals surface area (Å²) in [6.45, 7) is 3.78. The fraction of sp³-hybridized carbons (Fsp3) is 0.300. The number of aliphatic hydroxyl groups excluding tert-OH is 1. The Morgan fingerprint density at radius 2 is 1.58 bits per heavy atom. The highest BCUT2D eigenvalue weighted by Crippen LogP contribution is 2.37. The van der Waals surface area contributed by atoms with Gasteiger partial charge in [-0.25, -0.2) is 0 Å². The average Bonchev–Trinajstić information content (AvgIpc) is 3.23. The molecule has 1 aromatic heterocycles. The van der Waals surface area contributed by atoms with Crippen molar-refractivity contribution in [3.63, 3.8) is 0 Å². The van der Waals surface area contributed by atoms with Crippen LogP contribution < -0.4 is 4.74 Å². The van der Waals surface area contributed by atoms with E-state index in [0.29, 0.717) is 13.0 Å². The van der Waals surface area contributed by atoms with E-state index in [1.807, 2.05) is 44.2 Å². The van der Waals surface area contributed by atoms with Gasteiger partial charge in [-0.3, -0.25) is 4.68 Å². The molecule has 0 aliphatic rings. The molecule has 0 aliphatic heterocycles. The first-order valence-electron chi connectivity index (χ1n) is 12.2. The molecule has 0 amide bonds. The van der Waals surface area contributed by atoms with Crippen LogP contribution in [0.3, 0.4) is 0 Å². The molecule has 0 fully saturated rings. The van der Waals surface area contributed by atoms with E-state index < -0.39 is 0 Å². The summed E-state index contributed by atoms with van der Waals surface area (Å²) in [4.78, 5) is 2.11. The number of aryl methyl sites for hydroxylation is 2. The molecule has 0 aliphatic carbocycles. The lowest BCUT2D eigenvalue weighted by Gasteiger charge is -2.18. The number of aromatic nitrogens is 2. The van der Waals surface area contributed by atoms with E-state index in [1.54, 1.807) is 0 Å². The van der Waals surface area contributed by atoms with Crippen molar-refractivity contribution in [3.8, 4) is 5.75 Å². The maximum absolute atomic E-state index is 9.71. The molecule has 4 aromatic rings. The Hall–Kier alpha value is -3.12. The summed E-state index contributed by atoms with van der Waals surface area (Å²) in [6, 6.07) is 23.6. The summed E-state index contributed by atoms with van der Waals surface area (Å²) in [6.07, 6.45) is 3.36. The van der Waals surface area contributed by atoms with Crippen molar-refractivity contribution in [1.29, 1.82) is 0 Å². The molecule has 1 N–H and O–H groups in total. The molecule has 0 bridgehead atoms. The Kier molecular flexibility index (Phi) is 9.71. The Morgan fingerprint density at radius 3 is 2.22 bits per heavy atom. The van der Waals surface area contributed by atoms with Crippen LogP contribution in [0.5, 0.6) is 5.75 Å². The van der Waals surface area contributed by atoms with Gasteiger partial charge in [0.2, 0.25) is 0 Å². The van der Waals surface area contributed by atoms with E-state index in [9.17, 15) is 5.11 Å². The molecule has 0 saturated carbocycles. The first-order chi connectivity index (χ1) is 17.0. The molecule has 36 heavy (non-hydrogen) atoms. The minimum Gasteiger partial charge on any atom is -0.492 e. The van der Waals surface area contributed by atoms with Crippen molar-refractivity contribution < 1.29 is 9.84 Å². The number of ether oxygens (including phenoxy) is 1. The molecule has 0 spiro atoms. The van der Waals surface area contributed by atoms with Gasteiger partial charge in [0.25, 0.3) is 0 Å². The molecule has 6 heteroatoms. The van der Waals surface area contributed by atoms with Crippen molar-refractivity contribution in [3.05, 3.63) is 95.2 Å². The SMILES string of the molecule is Cc1ccc(/C(=C(\CCCO)c2ccc3cnn(C)c3c2)c2ccc(OCCN(C)C)cc2)cc1.Cl. The van der Waals surface area contributed by atoms with Crippen LogP contribution in [-0.2, 0) is 7.05 Å². The number of allylic oxidation sites excluding steroid dienone is 1. The standard InChI is InChI=1S/C30H35N3O2.ClH/c1-22-7-9-23(10-8-22)30(24-13-15-27(16-14-24)35-19-17-32(2)3)28(6-5-18-34)25-11-12-26-21-31-33(4)29(26)20-25;/h7-16,20-21,34H,5-6,17-19H2,1-4H3;1H/b30-28-;. The topological polar surface area (TPSA) is 50.5 Å². The summed E-state index contributed by atoms with van der Waals surface area (Å²) in [7, 11) is 6.06. The summed E-state index contributed by atoms with van der Waals surface area (Å²) in [5.41, 5.74) is 8.16. The fourth-order valence-corrected chi connectivity index (χ4v) is 4.30. The highest BCUT2D eigenvalue weighted by Gasteiger charge is 2.16. The number of rotatable bonds is 10. The molecule has 1 heterocycles. The first kappa shape index (κ1) is 27.5. The predicted molar refractivity (Wildman–Crippen MR) is 152 cm³/mol. The Morgan fingerprint density at radius 1 is 0.944 bits per heavy atom. The second-order valence-electron chi connectivity index (χ2n) is 9.26. The number of benzene rings is 3. The van der Waals surface area contributed by atoms with E-state index in [1.165, 1.54) is 16.7 Å². The predicted octanol–water partition coefficient (Wildman–Crippen LogP) is 5.98. The number of likely N-dealkylation sites (N-methyl/N-ethyl adjacent to an activating group) is 1. The zero-order valence-electron chi connectivity index (χ0n) is 21.6. The summed E-state index contributed by atoms with van der Waals surface area (Å²) < 4.78 is 7.85. The quantitative estimate of drug-likeness (QED) is 0.269. The van der Waals surface area contributed by atoms with E-state index >= 15 is 0 Å².